The quantitative estimate of drug-likeness (QED) is 0.769. The number of rotatable bonds is 2. The molecule has 3 rings (SSSR count). The van der Waals surface area contributed by atoms with E-state index in [4.69, 9.17) is 11.6 Å². The Morgan fingerprint density at radius 2 is 1.52 bits per heavy atom. The normalized spacial score (nSPS) is 16.2. The van der Waals surface area contributed by atoms with Gasteiger partial charge in [-0.15, -0.1) is 0 Å². The molecule has 0 N–H and O–H groups in total. The molecule has 21 heavy (non-hydrogen) atoms. The highest BCUT2D eigenvalue weighted by molar-refractivity contribution is 6.30. The number of ketones is 2. The number of Topliss-reactive ketones (excluding diaryl/α,β-unsaturated/α-hetero) is 2. The molecule has 1 aliphatic rings. The van der Waals surface area contributed by atoms with Crippen molar-refractivity contribution < 1.29 is 9.59 Å². The van der Waals surface area contributed by atoms with Crippen LogP contribution in [0.2, 0.25) is 5.02 Å². The van der Waals surface area contributed by atoms with Crippen LogP contribution in [0.4, 0.5) is 0 Å². The molecule has 3 heteroatoms. The van der Waals surface area contributed by atoms with Gasteiger partial charge in [0.2, 0.25) is 0 Å². The highest BCUT2D eigenvalue weighted by Gasteiger charge is 2.26. The molecular formula is C18H15ClO2. The molecule has 106 valence electrons. The summed E-state index contributed by atoms with van der Waals surface area (Å²) >= 11 is 5.91. The van der Waals surface area contributed by atoms with E-state index in [0.717, 1.165) is 16.7 Å². The summed E-state index contributed by atoms with van der Waals surface area (Å²) in [6, 6.07) is 15.7. The fourth-order valence-corrected chi connectivity index (χ4v) is 2.96. The smallest absolute Gasteiger partial charge is 0.140 e. The number of hydrogen-bond acceptors (Lipinski definition) is 2. The highest BCUT2D eigenvalue weighted by Crippen LogP contribution is 2.32. The standard InChI is InChI=1S/C18H15ClO2/c19-16-6-4-12(5-7-16)13-2-1-3-14(8-13)15-9-17(20)11-18(21)10-15/h1-8,15H,9-11H2. The van der Waals surface area contributed by atoms with Crippen LogP contribution in [0.5, 0.6) is 0 Å². The van der Waals surface area contributed by atoms with Crippen LogP contribution in [-0.4, -0.2) is 11.6 Å². The van der Waals surface area contributed by atoms with Crippen LogP contribution in [0.1, 0.15) is 30.7 Å². The predicted molar refractivity (Wildman–Crippen MR) is 83.5 cm³/mol. The zero-order valence-electron chi connectivity index (χ0n) is 11.5. The number of halogens is 1. The van der Waals surface area contributed by atoms with Gasteiger partial charge in [0, 0.05) is 17.9 Å². The molecule has 0 amide bonds. The first-order chi connectivity index (χ1) is 10.1. The number of hydrogen-bond donors (Lipinski definition) is 0. The molecule has 1 aliphatic carbocycles. The van der Waals surface area contributed by atoms with Crippen LogP contribution in [0, 0.1) is 0 Å². The largest absolute Gasteiger partial charge is 0.299 e. The van der Waals surface area contributed by atoms with E-state index in [1.54, 1.807) is 0 Å². The van der Waals surface area contributed by atoms with Crippen molar-refractivity contribution in [3.8, 4) is 11.1 Å². The SMILES string of the molecule is O=C1CC(=O)CC(c2cccc(-c3ccc(Cl)cc3)c2)C1. The Morgan fingerprint density at radius 1 is 0.857 bits per heavy atom. The van der Waals surface area contributed by atoms with Crippen molar-refractivity contribution in [2.75, 3.05) is 0 Å². The van der Waals surface area contributed by atoms with E-state index in [-0.39, 0.29) is 23.9 Å². The maximum absolute atomic E-state index is 11.6. The molecule has 0 bridgehead atoms. The van der Waals surface area contributed by atoms with Crippen LogP contribution < -0.4 is 0 Å². The Labute approximate surface area is 128 Å². The molecule has 0 radical (unpaired) electrons. The van der Waals surface area contributed by atoms with Crippen molar-refractivity contribution in [3.05, 3.63) is 59.1 Å². The van der Waals surface area contributed by atoms with Crippen LogP contribution in [0.25, 0.3) is 11.1 Å². The second-order valence-electron chi connectivity index (χ2n) is 5.49. The molecule has 0 atom stereocenters. The molecule has 0 unspecified atom stereocenters. The minimum Gasteiger partial charge on any atom is -0.299 e. The van der Waals surface area contributed by atoms with Gasteiger partial charge in [-0.25, -0.2) is 0 Å². The molecular weight excluding hydrogens is 284 g/mol. The third kappa shape index (κ3) is 3.22. The van der Waals surface area contributed by atoms with Gasteiger partial charge in [0.1, 0.15) is 11.6 Å². The van der Waals surface area contributed by atoms with Crippen LogP contribution >= 0.6 is 11.6 Å². The lowest BCUT2D eigenvalue weighted by atomic mass is 9.82. The van der Waals surface area contributed by atoms with E-state index >= 15 is 0 Å². The van der Waals surface area contributed by atoms with Crippen LogP contribution in [0.15, 0.2) is 48.5 Å². The van der Waals surface area contributed by atoms with Crippen LogP contribution in [-0.2, 0) is 9.59 Å². The molecule has 0 heterocycles. The van der Waals surface area contributed by atoms with Crippen molar-refractivity contribution in [2.45, 2.75) is 25.2 Å². The molecule has 0 spiro atoms. The third-order valence-corrected chi connectivity index (χ3v) is 4.13. The molecule has 2 aromatic carbocycles. The summed E-state index contributed by atoms with van der Waals surface area (Å²) < 4.78 is 0. The fourth-order valence-electron chi connectivity index (χ4n) is 2.84. The zero-order chi connectivity index (χ0) is 14.8. The Kier molecular flexibility index (Phi) is 3.89. The van der Waals surface area contributed by atoms with Gasteiger partial charge in [-0.2, -0.15) is 0 Å². The first-order valence-corrected chi connectivity index (χ1v) is 7.39. The second-order valence-corrected chi connectivity index (χ2v) is 5.93. The Hall–Kier alpha value is -1.93. The van der Waals surface area contributed by atoms with Gasteiger partial charge in [-0.3, -0.25) is 9.59 Å². The molecule has 2 nitrogen and oxygen atoms in total. The number of carbonyl (C=O) groups is 2. The van der Waals surface area contributed by atoms with Crippen molar-refractivity contribution in [1.82, 2.24) is 0 Å². The predicted octanol–water partition coefficient (Wildman–Crippen LogP) is 4.41. The number of carbonyl (C=O) groups excluding carboxylic acids is 2. The summed E-state index contributed by atoms with van der Waals surface area (Å²) in [6.07, 6.45) is 1.04. The summed E-state index contributed by atoms with van der Waals surface area (Å²) in [7, 11) is 0. The van der Waals surface area contributed by atoms with E-state index in [9.17, 15) is 9.59 Å². The Morgan fingerprint density at radius 3 is 2.19 bits per heavy atom. The summed E-state index contributed by atoms with van der Waals surface area (Å²) in [6.45, 7) is 0. The molecule has 0 aliphatic heterocycles. The van der Waals surface area contributed by atoms with Gasteiger partial charge in [-0.1, -0.05) is 48.0 Å². The summed E-state index contributed by atoms with van der Waals surface area (Å²) in [5, 5.41) is 0.707. The van der Waals surface area contributed by atoms with E-state index in [1.165, 1.54) is 0 Å². The maximum atomic E-state index is 11.6. The van der Waals surface area contributed by atoms with Gasteiger partial charge in [0.25, 0.3) is 0 Å². The highest BCUT2D eigenvalue weighted by atomic mass is 35.5. The van der Waals surface area contributed by atoms with E-state index < -0.39 is 0 Å². The lowest BCUT2D eigenvalue weighted by Gasteiger charge is -2.21. The lowest BCUT2D eigenvalue weighted by molar-refractivity contribution is -0.130. The number of benzene rings is 2. The van der Waals surface area contributed by atoms with Gasteiger partial charge in [-0.05, 0) is 34.7 Å². The van der Waals surface area contributed by atoms with Gasteiger partial charge in [0.05, 0.1) is 6.42 Å². The van der Waals surface area contributed by atoms with Crippen LogP contribution in [0.3, 0.4) is 0 Å². The molecule has 1 fully saturated rings. The third-order valence-electron chi connectivity index (χ3n) is 3.88. The van der Waals surface area contributed by atoms with Crippen molar-refractivity contribution in [3.63, 3.8) is 0 Å². The van der Waals surface area contributed by atoms with Gasteiger partial charge >= 0.3 is 0 Å². The Bertz CT molecular complexity index is 673. The van der Waals surface area contributed by atoms with E-state index in [2.05, 4.69) is 6.07 Å². The van der Waals surface area contributed by atoms with Crippen molar-refractivity contribution in [2.24, 2.45) is 0 Å². The summed E-state index contributed by atoms with van der Waals surface area (Å²) in [5.74, 6) is 0.118. The fraction of sp³-hybridized carbons (Fsp3) is 0.222. The first-order valence-electron chi connectivity index (χ1n) is 7.01. The zero-order valence-corrected chi connectivity index (χ0v) is 12.3. The minimum absolute atomic E-state index is 0.0194. The minimum atomic E-state index is 0.0194. The van der Waals surface area contributed by atoms with E-state index in [0.29, 0.717) is 17.9 Å². The summed E-state index contributed by atoms with van der Waals surface area (Å²) in [4.78, 5) is 23.2. The van der Waals surface area contributed by atoms with E-state index in [1.807, 2.05) is 42.5 Å². The second kappa shape index (κ2) is 5.82. The van der Waals surface area contributed by atoms with Crippen molar-refractivity contribution >= 4 is 23.2 Å². The van der Waals surface area contributed by atoms with Gasteiger partial charge < -0.3 is 0 Å². The van der Waals surface area contributed by atoms with Gasteiger partial charge in [0.15, 0.2) is 0 Å². The molecule has 2 aromatic rings. The first kappa shape index (κ1) is 14.0. The summed E-state index contributed by atoms with van der Waals surface area (Å²) in [5.41, 5.74) is 3.22. The van der Waals surface area contributed by atoms with Crippen molar-refractivity contribution in [1.29, 1.82) is 0 Å². The molecule has 1 saturated carbocycles. The maximum Gasteiger partial charge on any atom is 0.140 e. The lowest BCUT2D eigenvalue weighted by Crippen LogP contribution is -2.21. The molecule has 0 aromatic heterocycles. The topological polar surface area (TPSA) is 34.1 Å². The average molecular weight is 299 g/mol. The molecule has 0 saturated heterocycles. The average Bonchev–Trinajstić information content (AvgIpc) is 2.47. The monoisotopic (exact) mass is 298 g/mol. The Balaban J connectivity index is 1.91.